The largest absolute Gasteiger partial charge is 0.390 e. The van der Waals surface area contributed by atoms with Crippen LogP contribution in [-0.2, 0) is 19.1 Å². The number of hydrogen-bond donors (Lipinski definition) is 1. The van der Waals surface area contributed by atoms with Crippen LogP contribution in [0, 0.1) is 0 Å². The normalized spacial score (nSPS) is 27.0. The Morgan fingerprint density at radius 3 is 2.74 bits per heavy atom. The van der Waals surface area contributed by atoms with Crippen LogP contribution in [0.3, 0.4) is 0 Å². The number of carbonyl (C=O) groups is 1. The van der Waals surface area contributed by atoms with Gasteiger partial charge in [-0.05, 0) is 26.7 Å². The van der Waals surface area contributed by atoms with Crippen LogP contribution in [0.5, 0.6) is 0 Å². The predicted octanol–water partition coefficient (Wildman–Crippen LogP) is 0.853. The number of ether oxygens (including phenoxy) is 2. The third-order valence-corrected chi connectivity index (χ3v) is 3.00. The van der Waals surface area contributed by atoms with Gasteiger partial charge in [0, 0.05) is 7.05 Å². The van der Waals surface area contributed by atoms with Crippen molar-refractivity contribution >= 4 is 5.91 Å². The van der Waals surface area contributed by atoms with Crippen LogP contribution in [0.25, 0.3) is 0 Å². The molecule has 0 unspecified atom stereocenters. The van der Waals surface area contributed by atoms with Crippen molar-refractivity contribution in [2.75, 3.05) is 14.2 Å². The van der Waals surface area contributed by atoms with Gasteiger partial charge in [-0.3, -0.25) is 9.63 Å². The highest BCUT2D eigenvalue weighted by Gasteiger charge is 2.49. The first-order valence-electron chi connectivity index (χ1n) is 6.28. The monoisotopic (exact) mass is 273 g/mol. The second kappa shape index (κ2) is 6.47. The van der Waals surface area contributed by atoms with Gasteiger partial charge in [-0.2, -0.15) is 0 Å². The summed E-state index contributed by atoms with van der Waals surface area (Å²) in [4.78, 5) is 17.0. The maximum Gasteiger partial charge on any atom is 0.277 e. The average Bonchev–Trinajstić information content (AvgIpc) is 2.70. The molecule has 19 heavy (non-hydrogen) atoms. The third kappa shape index (κ3) is 4.01. The molecule has 1 amide bonds. The zero-order valence-electron chi connectivity index (χ0n) is 12.0. The van der Waals surface area contributed by atoms with Crippen molar-refractivity contribution in [1.29, 1.82) is 0 Å². The molecule has 0 bridgehead atoms. The number of aliphatic hydroxyl groups excluding tert-OH is 1. The molecular weight excluding hydrogens is 250 g/mol. The Hall–Kier alpha value is -0.950. The molecule has 0 aromatic heterocycles. The number of amides is 1. The van der Waals surface area contributed by atoms with E-state index in [1.165, 1.54) is 14.2 Å². The summed E-state index contributed by atoms with van der Waals surface area (Å²) >= 11 is 0. The molecule has 3 atom stereocenters. The summed E-state index contributed by atoms with van der Waals surface area (Å²) in [5.74, 6) is -1.29. The van der Waals surface area contributed by atoms with Crippen LogP contribution >= 0.6 is 0 Å². The van der Waals surface area contributed by atoms with E-state index in [1.807, 2.05) is 0 Å². The molecule has 1 aliphatic heterocycles. The molecular formula is C13H23NO5. The SMILES string of the molecule is C=CCC[C@@H](O)[C@@H]1OC(C)(C)O[C@H]1C(=O)N(C)OC. The Kier molecular flexibility index (Phi) is 5.49. The Bertz CT molecular complexity index is 331. The van der Waals surface area contributed by atoms with E-state index in [0.717, 1.165) is 5.06 Å². The second-order valence-electron chi connectivity index (χ2n) is 4.97. The number of rotatable bonds is 6. The molecule has 6 nitrogen and oxygen atoms in total. The van der Waals surface area contributed by atoms with Gasteiger partial charge in [-0.15, -0.1) is 6.58 Å². The number of allylic oxidation sites excluding steroid dienone is 1. The van der Waals surface area contributed by atoms with E-state index >= 15 is 0 Å². The van der Waals surface area contributed by atoms with Gasteiger partial charge < -0.3 is 14.6 Å². The number of nitrogens with zero attached hydrogens (tertiary/aromatic N) is 1. The molecule has 0 spiro atoms. The van der Waals surface area contributed by atoms with Gasteiger partial charge in [0.2, 0.25) is 0 Å². The Labute approximate surface area is 113 Å². The first kappa shape index (κ1) is 16.1. The standard InChI is InChI=1S/C13H23NO5/c1-6-7-8-9(15)10-11(12(16)14(4)17-5)19-13(2,3)18-10/h6,9-11,15H,1,7-8H2,2-5H3/t9-,10+,11-/m1/s1. The van der Waals surface area contributed by atoms with Crippen molar-refractivity contribution in [3.05, 3.63) is 12.7 Å². The van der Waals surface area contributed by atoms with Gasteiger partial charge in [0.25, 0.3) is 5.91 Å². The van der Waals surface area contributed by atoms with Crippen LogP contribution in [0.1, 0.15) is 26.7 Å². The van der Waals surface area contributed by atoms with Crippen LogP contribution in [0.4, 0.5) is 0 Å². The zero-order chi connectivity index (χ0) is 14.6. The molecule has 1 N–H and O–H groups in total. The van der Waals surface area contributed by atoms with E-state index in [-0.39, 0.29) is 5.91 Å². The van der Waals surface area contributed by atoms with E-state index in [9.17, 15) is 9.90 Å². The number of hydrogen-bond acceptors (Lipinski definition) is 5. The van der Waals surface area contributed by atoms with Gasteiger partial charge in [0.15, 0.2) is 11.9 Å². The summed E-state index contributed by atoms with van der Waals surface area (Å²) in [6.45, 7) is 7.02. The van der Waals surface area contributed by atoms with Crippen molar-refractivity contribution in [3.63, 3.8) is 0 Å². The lowest BCUT2D eigenvalue weighted by atomic mass is 10.0. The second-order valence-corrected chi connectivity index (χ2v) is 4.97. The van der Waals surface area contributed by atoms with Crippen LogP contribution in [-0.4, -0.2) is 54.3 Å². The highest BCUT2D eigenvalue weighted by atomic mass is 16.8. The molecule has 6 heteroatoms. The predicted molar refractivity (Wildman–Crippen MR) is 69.0 cm³/mol. The van der Waals surface area contributed by atoms with Crippen molar-refractivity contribution in [1.82, 2.24) is 5.06 Å². The van der Waals surface area contributed by atoms with Crippen LogP contribution in [0.2, 0.25) is 0 Å². The van der Waals surface area contributed by atoms with Crippen LogP contribution in [0.15, 0.2) is 12.7 Å². The van der Waals surface area contributed by atoms with E-state index in [4.69, 9.17) is 14.3 Å². The highest BCUT2D eigenvalue weighted by molar-refractivity contribution is 5.80. The number of aliphatic hydroxyl groups is 1. The van der Waals surface area contributed by atoms with E-state index in [2.05, 4.69) is 6.58 Å². The minimum absolute atomic E-state index is 0.379. The first-order chi connectivity index (χ1) is 8.82. The number of hydroxylamine groups is 2. The summed E-state index contributed by atoms with van der Waals surface area (Å²) in [6.07, 6.45) is 0.442. The Morgan fingerprint density at radius 2 is 2.21 bits per heavy atom. The minimum Gasteiger partial charge on any atom is -0.390 e. The molecule has 1 fully saturated rings. The molecule has 1 heterocycles. The fourth-order valence-electron chi connectivity index (χ4n) is 1.98. The van der Waals surface area contributed by atoms with Crippen molar-refractivity contribution in [3.8, 4) is 0 Å². The lowest BCUT2D eigenvalue weighted by molar-refractivity contribution is -0.187. The molecule has 110 valence electrons. The molecule has 1 rings (SSSR count). The fraction of sp³-hybridized carbons (Fsp3) is 0.769. The average molecular weight is 273 g/mol. The highest BCUT2D eigenvalue weighted by Crippen LogP contribution is 2.32. The maximum atomic E-state index is 12.1. The summed E-state index contributed by atoms with van der Waals surface area (Å²) < 4.78 is 11.2. The van der Waals surface area contributed by atoms with Crippen molar-refractivity contribution < 1.29 is 24.2 Å². The quantitative estimate of drug-likeness (QED) is 0.574. The number of likely N-dealkylation sites (N-methyl/N-ethyl adjacent to an activating group) is 1. The molecule has 0 radical (unpaired) electrons. The minimum atomic E-state index is -0.908. The lowest BCUT2D eigenvalue weighted by Gasteiger charge is -2.24. The molecule has 0 aliphatic carbocycles. The molecule has 1 saturated heterocycles. The molecule has 0 aromatic rings. The zero-order valence-corrected chi connectivity index (χ0v) is 12.0. The van der Waals surface area contributed by atoms with Gasteiger partial charge in [0.1, 0.15) is 6.10 Å². The third-order valence-electron chi connectivity index (χ3n) is 3.00. The maximum absolute atomic E-state index is 12.1. The smallest absolute Gasteiger partial charge is 0.277 e. The number of carbonyl (C=O) groups excluding carboxylic acids is 1. The topological polar surface area (TPSA) is 68.2 Å². The van der Waals surface area contributed by atoms with Crippen LogP contribution < -0.4 is 0 Å². The van der Waals surface area contributed by atoms with Crippen molar-refractivity contribution in [2.45, 2.75) is 50.8 Å². The first-order valence-corrected chi connectivity index (χ1v) is 6.28. The van der Waals surface area contributed by atoms with Gasteiger partial charge >= 0.3 is 0 Å². The summed E-state index contributed by atoms with van der Waals surface area (Å²) in [7, 11) is 2.88. The van der Waals surface area contributed by atoms with Gasteiger partial charge in [-0.25, -0.2) is 5.06 Å². The molecule has 0 aromatic carbocycles. The van der Waals surface area contributed by atoms with Gasteiger partial charge in [0.05, 0.1) is 13.2 Å². The fourth-order valence-corrected chi connectivity index (χ4v) is 1.98. The lowest BCUT2D eigenvalue weighted by Crippen LogP contribution is -2.45. The Morgan fingerprint density at radius 1 is 1.58 bits per heavy atom. The van der Waals surface area contributed by atoms with Crippen molar-refractivity contribution in [2.24, 2.45) is 0 Å². The molecule has 0 saturated carbocycles. The van der Waals surface area contributed by atoms with E-state index in [0.29, 0.717) is 12.8 Å². The summed E-state index contributed by atoms with van der Waals surface area (Å²) in [5, 5.41) is 11.2. The van der Waals surface area contributed by atoms with E-state index in [1.54, 1.807) is 19.9 Å². The summed E-state index contributed by atoms with van der Waals surface area (Å²) in [6, 6.07) is 0. The van der Waals surface area contributed by atoms with E-state index < -0.39 is 24.1 Å². The Balaban J connectivity index is 2.80. The van der Waals surface area contributed by atoms with Gasteiger partial charge in [-0.1, -0.05) is 6.08 Å². The molecule has 1 aliphatic rings. The summed E-state index contributed by atoms with van der Waals surface area (Å²) in [5.41, 5.74) is 0.